The lowest BCUT2D eigenvalue weighted by molar-refractivity contribution is 0.464. The SMILES string of the molecule is CCCCCCNCc1cc(Nc2ccnc3cc(Cl)ccc23)ccc1O. The van der Waals surface area contributed by atoms with Gasteiger partial charge in [-0.1, -0.05) is 37.8 Å². The van der Waals surface area contributed by atoms with Crippen LogP contribution in [0.5, 0.6) is 5.75 Å². The van der Waals surface area contributed by atoms with Gasteiger partial charge in [0.2, 0.25) is 0 Å². The van der Waals surface area contributed by atoms with Crippen LogP contribution in [0.1, 0.15) is 38.2 Å². The van der Waals surface area contributed by atoms with Gasteiger partial charge in [-0.15, -0.1) is 0 Å². The molecule has 0 radical (unpaired) electrons. The van der Waals surface area contributed by atoms with Gasteiger partial charge in [-0.25, -0.2) is 0 Å². The number of anilines is 2. The van der Waals surface area contributed by atoms with Crippen molar-refractivity contribution >= 4 is 33.9 Å². The van der Waals surface area contributed by atoms with E-state index in [-0.39, 0.29) is 0 Å². The van der Waals surface area contributed by atoms with Gasteiger partial charge in [0.1, 0.15) is 5.75 Å². The number of unbranched alkanes of at least 4 members (excludes halogenated alkanes) is 3. The first-order chi connectivity index (χ1) is 13.2. The summed E-state index contributed by atoms with van der Waals surface area (Å²) in [6.07, 6.45) is 6.69. The Balaban J connectivity index is 1.69. The van der Waals surface area contributed by atoms with E-state index >= 15 is 0 Å². The van der Waals surface area contributed by atoms with Crippen molar-refractivity contribution in [1.29, 1.82) is 0 Å². The summed E-state index contributed by atoms with van der Waals surface area (Å²) < 4.78 is 0. The van der Waals surface area contributed by atoms with Crippen LogP contribution in [0.3, 0.4) is 0 Å². The molecule has 0 saturated carbocycles. The second kappa shape index (κ2) is 9.58. The lowest BCUT2D eigenvalue weighted by Gasteiger charge is -2.13. The fourth-order valence-electron chi connectivity index (χ4n) is 3.09. The van der Waals surface area contributed by atoms with E-state index in [1.807, 2.05) is 36.4 Å². The number of halogens is 1. The van der Waals surface area contributed by atoms with Gasteiger partial charge < -0.3 is 15.7 Å². The summed E-state index contributed by atoms with van der Waals surface area (Å²) >= 11 is 6.06. The smallest absolute Gasteiger partial charge is 0.120 e. The van der Waals surface area contributed by atoms with Crippen molar-refractivity contribution in [2.45, 2.75) is 39.2 Å². The summed E-state index contributed by atoms with van der Waals surface area (Å²) in [5.41, 5.74) is 3.62. The maximum absolute atomic E-state index is 10.2. The molecule has 0 unspecified atom stereocenters. The van der Waals surface area contributed by atoms with E-state index in [0.29, 0.717) is 17.3 Å². The van der Waals surface area contributed by atoms with Crippen molar-refractivity contribution in [2.24, 2.45) is 0 Å². The van der Waals surface area contributed by atoms with Crippen LogP contribution in [0.2, 0.25) is 5.02 Å². The maximum atomic E-state index is 10.2. The highest BCUT2D eigenvalue weighted by Crippen LogP contribution is 2.29. The normalized spacial score (nSPS) is 11.0. The fourth-order valence-corrected chi connectivity index (χ4v) is 3.26. The van der Waals surface area contributed by atoms with E-state index in [1.54, 1.807) is 12.3 Å². The van der Waals surface area contributed by atoms with Gasteiger partial charge in [-0.2, -0.15) is 0 Å². The van der Waals surface area contributed by atoms with Crippen LogP contribution >= 0.6 is 11.6 Å². The van der Waals surface area contributed by atoms with Gasteiger partial charge in [0, 0.05) is 40.1 Å². The molecule has 4 nitrogen and oxygen atoms in total. The minimum Gasteiger partial charge on any atom is -0.508 e. The predicted octanol–water partition coefficient (Wildman–Crippen LogP) is 6.01. The number of phenolic OH excluding ortho intramolecular Hbond substituents is 1. The highest BCUT2D eigenvalue weighted by atomic mass is 35.5. The van der Waals surface area contributed by atoms with Crippen LogP contribution < -0.4 is 10.6 Å². The number of phenols is 1. The van der Waals surface area contributed by atoms with Crippen molar-refractivity contribution in [3.63, 3.8) is 0 Å². The van der Waals surface area contributed by atoms with Crippen LogP contribution in [0.4, 0.5) is 11.4 Å². The number of pyridine rings is 1. The van der Waals surface area contributed by atoms with Crippen LogP contribution in [0.15, 0.2) is 48.7 Å². The van der Waals surface area contributed by atoms with Crippen LogP contribution in [-0.4, -0.2) is 16.6 Å². The van der Waals surface area contributed by atoms with Crippen LogP contribution in [-0.2, 0) is 6.54 Å². The quantitative estimate of drug-likeness (QED) is 0.313. The van der Waals surface area contributed by atoms with Gasteiger partial charge in [0.25, 0.3) is 0 Å². The molecule has 3 N–H and O–H groups in total. The predicted molar refractivity (Wildman–Crippen MR) is 114 cm³/mol. The molecule has 3 rings (SSSR count). The number of benzene rings is 2. The highest BCUT2D eigenvalue weighted by Gasteiger charge is 2.06. The molecular weight excluding hydrogens is 358 g/mol. The molecule has 0 bridgehead atoms. The molecule has 0 aliphatic heterocycles. The third-order valence-electron chi connectivity index (χ3n) is 4.59. The Kier molecular flexibility index (Phi) is 6.91. The minimum atomic E-state index is 0.313. The van der Waals surface area contributed by atoms with E-state index in [0.717, 1.165) is 40.8 Å². The van der Waals surface area contributed by atoms with Crippen molar-refractivity contribution in [3.05, 3.63) is 59.2 Å². The monoisotopic (exact) mass is 383 g/mol. The third-order valence-corrected chi connectivity index (χ3v) is 4.82. The zero-order valence-corrected chi connectivity index (χ0v) is 16.4. The van der Waals surface area contributed by atoms with Crippen LogP contribution in [0.25, 0.3) is 10.9 Å². The Hall–Kier alpha value is -2.30. The number of hydrogen-bond donors (Lipinski definition) is 3. The number of fused-ring (bicyclic) bond motifs is 1. The standard InChI is InChI=1S/C22H26ClN3O/c1-2-3-4-5-11-24-15-16-13-18(7-9-22(16)27)26-20-10-12-25-21-14-17(23)6-8-19(20)21/h6-10,12-14,24,27H,2-5,11,15H2,1H3,(H,25,26). The summed E-state index contributed by atoms with van der Waals surface area (Å²) in [4.78, 5) is 4.37. The first-order valence-electron chi connectivity index (χ1n) is 9.51. The largest absolute Gasteiger partial charge is 0.508 e. The fraction of sp³-hybridized carbons (Fsp3) is 0.318. The topological polar surface area (TPSA) is 57.2 Å². The molecule has 0 atom stereocenters. The Morgan fingerprint density at radius 3 is 2.78 bits per heavy atom. The number of nitrogens with one attached hydrogen (secondary N) is 2. The third kappa shape index (κ3) is 5.34. The second-order valence-electron chi connectivity index (χ2n) is 6.73. The number of rotatable bonds is 9. The van der Waals surface area contributed by atoms with Gasteiger partial charge >= 0.3 is 0 Å². The van der Waals surface area contributed by atoms with Crippen molar-refractivity contribution in [1.82, 2.24) is 10.3 Å². The maximum Gasteiger partial charge on any atom is 0.120 e. The zero-order chi connectivity index (χ0) is 19.1. The minimum absolute atomic E-state index is 0.313. The summed E-state index contributed by atoms with van der Waals surface area (Å²) in [5.74, 6) is 0.313. The van der Waals surface area contributed by atoms with Crippen molar-refractivity contribution < 1.29 is 5.11 Å². The van der Waals surface area contributed by atoms with E-state index < -0.39 is 0 Å². The lowest BCUT2D eigenvalue weighted by Crippen LogP contribution is -2.14. The zero-order valence-electron chi connectivity index (χ0n) is 15.6. The highest BCUT2D eigenvalue weighted by molar-refractivity contribution is 6.31. The molecule has 0 saturated heterocycles. The summed E-state index contributed by atoms with van der Waals surface area (Å²) in [5, 5.41) is 18.7. The molecule has 0 fully saturated rings. The van der Waals surface area contributed by atoms with Gasteiger partial charge in [0.15, 0.2) is 0 Å². The molecular formula is C22H26ClN3O. The molecule has 1 heterocycles. The first-order valence-corrected chi connectivity index (χ1v) is 9.89. The number of nitrogens with zero attached hydrogens (tertiary/aromatic N) is 1. The molecule has 5 heteroatoms. The number of aromatic hydroxyl groups is 1. The summed E-state index contributed by atoms with van der Waals surface area (Å²) in [6, 6.07) is 13.2. The van der Waals surface area contributed by atoms with E-state index in [1.165, 1.54) is 19.3 Å². The van der Waals surface area contributed by atoms with Crippen LogP contribution in [0, 0.1) is 0 Å². The van der Waals surface area contributed by atoms with Gasteiger partial charge in [-0.05, 0) is 55.4 Å². The summed E-state index contributed by atoms with van der Waals surface area (Å²) in [7, 11) is 0. The molecule has 0 amide bonds. The van der Waals surface area contributed by atoms with E-state index in [4.69, 9.17) is 11.6 Å². The van der Waals surface area contributed by atoms with Gasteiger partial charge in [-0.3, -0.25) is 4.98 Å². The molecule has 0 aliphatic carbocycles. The summed E-state index contributed by atoms with van der Waals surface area (Å²) in [6.45, 7) is 3.83. The molecule has 2 aromatic carbocycles. The number of aromatic nitrogens is 1. The molecule has 3 aromatic rings. The molecule has 142 valence electrons. The Morgan fingerprint density at radius 1 is 1.04 bits per heavy atom. The molecule has 0 aliphatic rings. The van der Waals surface area contributed by atoms with E-state index in [2.05, 4.69) is 22.5 Å². The molecule has 27 heavy (non-hydrogen) atoms. The molecule has 0 spiro atoms. The Morgan fingerprint density at radius 2 is 1.93 bits per heavy atom. The first kappa shape index (κ1) is 19.5. The lowest BCUT2D eigenvalue weighted by atomic mass is 10.1. The Bertz CT molecular complexity index is 898. The second-order valence-corrected chi connectivity index (χ2v) is 7.16. The average molecular weight is 384 g/mol. The molecule has 1 aromatic heterocycles. The van der Waals surface area contributed by atoms with Gasteiger partial charge in [0.05, 0.1) is 5.52 Å². The number of hydrogen-bond acceptors (Lipinski definition) is 4. The average Bonchev–Trinajstić information content (AvgIpc) is 2.67. The Labute approximate surface area is 165 Å². The van der Waals surface area contributed by atoms with Crippen molar-refractivity contribution in [3.8, 4) is 5.75 Å². The van der Waals surface area contributed by atoms with E-state index in [9.17, 15) is 5.11 Å². The van der Waals surface area contributed by atoms with Crippen molar-refractivity contribution in [2.75, 3.05) is 11.9 Å².